The van der Waals surface area contributed by atoms with Crippen LogP contribution in [0.3, 0.4) is 0 Å². The molecule has 2 atom stereocenters. The maximum atomic E-state index is 12.7. The summed E-state index contributed by atoms with van der Waals surface area (Å²) in [6.07, 6.45) is 2.76. The zero-order valence-corrected chi connectivity index (χ0v) is 14.3. The molecule has 0 bridgehead atoms. The monoisotopic (exact) mass is 350 g/mol. The normalized spacial score (nSPS) is 25.0. The number of piperidine rings is 1. The van der Waals surface area contributed by atoms with E-state index in [1.807, 2.05) is 29.2 Å². The fraction of sp³-hybridized carbons (Fsp3) is 0.529. The molecule has 0 spiro atoms. The van der Waals surface area contributed by atoms with E-state index in [0.717, 1.165) is 18.4 Å². The van der Waals surface area contributed by atoms with E-state index in [0.29, 0.717) is 36.9 Å². The maximum absolute atomic E-state index is 12.7. The molecular weight excluding hydrogens is 328 g/mol. The topological polar surface area (TPSA) is 87.5 Å². The van der Waals surface area contributed by atoms with Crippen LogP contribution in [0.1, 0.15) is 37.3 Å². The van der Waals surface area contributed by atoms with Crippen molar-refractivity contribution in [3.8, 4) is 0 Å². The summed E-state index contributed by atoms with van der Waals surface area (Å²) in [4.78, 5) is 25.6. The first-order chi connectivity index (χ1) is 11.5. The second-order valence-electron chi connectivity index (χ2n) is 6.59. The number of nitrogens with two attached hydrogens (primary N) is 1. The summed E-state index contributed by atoms with van der Waals surface area (Å²) in [5, 5.41) is 0.706. The lowest BCUT2D eigenvalue weighted by Crippen LogP contribution is -2.48. The summed E-state index contributed by atoms with van der Waals surface area (Å²) in [7, 11) is 0. The van der Waals surface area contributed by atoms with Gasteiger partial charge in [-0.15, -0.1) is 0 Å². The number of hydrogen-bond acceptors (Lipinski definition) is 4. The number of nitrogens with zero attached hydrogens (tertiary/aromatic N) is 1. The Balaban J connectivity index is 1.54. The average molecular weight is 351 g/mol. The molecule has 0 aromatic heterocycles. The molecule has 2 aliphatic rings. The summed E-state index contributed by atoms with van der Waals surface area (Å²) in [5.74, 6) is 0.149. The third-order valence-corrected chi connectivity index (χ3v) is 5.24. The highest BCUT2D eigenvalue weighted by atomic mass is 35.5. The number of hydrazine groups is 1. The van der Waals surface area contributed by atoms with E-state index in [4.69, 9.17) is 17.3 Å². The van der Waals surface area contributed by atoms with Crippen LogP contribution in [-0.4, -0.2) is 35.8 Å². The van der Waals surface area contributed by atoms with Gasteiger partial charge in [0.05, 0.1) is 0 Å². The highest BCUT2D eigenvalue weighted by Gasteiger charge is 2.35. The largest absolute Gasteiger partial charge is 0.370 e. The van der Waals surface area contributed by atoms with Crippen molar-refractivity contribution >= 4 is 23.4 Å². The van der Waals surface area contributed by atoms with Gasteiger partial charge >= 0.3 is 0 Å². The van der Waals surface area contributed by atoms with E-state index in [1.165, 1.54) is 0 Å². The van der Waals surface area contributed by atoms with E-state index in [2.05, 4.69) is 10.9 Å². The Kier molecular flexibility index (Phi) is 5.38. The maximum Gasteiger partial charge on any atom is 0.241 e. The molecule has 2 amide bonds. The van der Waals surface area contributed by atoms with E-state index >= 15 is 0 Å². The Hall–Kier alpha value is -1.63. The molecule has 2 fully saturated rings. The third kappa shape index (κ3) is 3.88. The highest BCUT2D eigenvalue weighted by molar-refractivity contribution is 6.31. The van der Waals surface area contributed by atoms with Gasteiger partial charge in [0, 0.05) is 30.6 Å². The molecule has 130 valence electrons. The summed E-state index contributed by atoms with van der Waals surface area (Å²) >= 11 is 6.24. The van der Waals surface area contributed by atoms with E-state index < -0.39 is 0 Å². The van der Waals surface area contributed by atoms with Gasteiger partial charge in [-0.25, -0.2) is 10.9 Å². The number of hydrogen-bond donors (Lipinski definition) is 3. The van der Waals surface area contributed by atoms with Crippen LogP contribution in [0.15, 0.2) is 24.3 Å². The molecule has 0 saturated carbocycles. The number of halogens is 1. The molecule has 2 aliphatic heterocycles. The van der Waals surface area contributed by atoms with Crippen molar-refractivity contribution in [2.75, 3.05) is 13.1 Å². The number of carbonyl (C=O) groups excluding carboxylic acids is 2. The molecule has 2 saturated heterocycles. The van der Waals surface area contributed by atoms with Crippen LogP contribution in [0.25, 0.3) is 0 Å². The van der Waals surface area contributed by atoms with Crippen LogP contribution in [0.2, 0.25) is 5.02 Å². The predicted molar refractivity (Wildman–Crippen MR) is 92.0 cm³/mol. The van der Waals surface area contributed by atoms with Crippen molar-refractivity contribution in [1.29, 1.82) is 0 Å². The minimum atomic E-state index is -0.260. The second kappa shape index (κ2) is 7.51. The van der Waals surface area contributed by atoms with E-state index in [1.54, 1.807) is 0 Å². The van der Waals surface area contributed by atoms with Gasteiger partial charge in [-0.3, -0.25) is 9.59 Å². The zero-order valence-electron chi connectivity index (χ0n) is 13.5. The first-order valence-corrected chi connectivity index (χ1v) is 8.75. The predicted octanol–water partition coefficient (Wildman–Crippen LogP) is 1.36. The molecule has 3 rings (SSSR count). The average Bonchev–Trinajstić information content (AvgIpc) is 3.04. The highest BCUT2D eigenvalue weighted by Crippen LogP contribution is 2.29. The Morgan fingerprint density at radius 3 is 2.58 bits per heavy atom. The third-order valence-electron chi connectivity index (χ3n) is 4.90. The number of benzene rings is 1. The lowest BCUT2D eigenvalue weighted by molar-refractivity contribution is -0.134. The van der Waals surface area contributed by atoms with Gasteiger partial charge in [0.2, 0.25) is 11.8 Å². The van der Waals surface area contributed by atoms with Crippen LogP contribution >= 0.6 is 11.6 Å². The van der Waals surface area contributed by atoms with Crippen LogP contribution in [-0.2, 0) is 9.59 Å². The van der Waals surface area contributed by atoms with Crippen molar-refractivity contribution in [1.82, 2.24) is 15.8 Å². The number of primary amides is 1. The molecule has 2 unspecified atom stereocenters. The molecule has 0 aliphatic carbocycles. The first kappa shape index (κ1) is 17.2. The summed E-state index contributed by atoms with van der Waals surface area (Å²) in [5.41, 5.74) is 12.5. The van der Waals surface area contributed by atoms with Crippen molar-refractivity contribution in [2.24, 2.45) is 11.7 Å². The number of amides is 2. The van der Waals surface area contributed by atoms with Crippen LogP contribution in [0, 0.1) is 5.92 Å². The van der Waals surface area contributed by atoms with Crippen molar-refractivity contribution < 1.29 is 9.59 Å². The molecule has 1 aromatic rings. The van der Waals surface area contributed by atoms with Crippen molar-refractivity contribution in [3.63, 3.8) is 0 Å². The molecule has 0 radical (unpaired) electrons. The smallest absolute Gasteiger partial charge is 0.241 e. The van der Waals surface area contributed by atoms with Gasteiger partial charge < -0.3 is 10.6 Å². The van der Waals surface area contributed by atoms with Gasteiger partial charge in [0.15, 0.2) is 0 Å². The Labute approximate surface area is 146 Å². The van der Waals surface area contributed by atoms with E-state index in [-0.39, 0.29) is 23.9 Å². The lowest BCUT2D eigenvalue weighted by Gasteiger charge is -2.33. The lowest BCUT2D eigenvalue weighted by atomic mass is 9.92. The number of likely N-dealkylation sites (tertiary alicyclic amines) is 1. The number of nitrogens with one attached hydrogen (secondary N) is 2. The Morgan fingerprint density at radius 2 is 1.92 bits per heavy atom. The minimum Gasteiger partial charge on any atom is -0.370 e. The van der Waals surface area contributed by atoms with Gasteiger partial charge in [0.25, 0.3) is 0 Å². The van der Waals surface area contributed by atoms with E-state index in [9.17, 15) is 9.59 Å². The van der Waals surface area contributed by atoms with Gasteiger partial charge in [-0.1, -0.05) is 29.8 Å². The van der Waals surface area contributed by atoms with Crippen LogP contribution < -0.4 is 16.6 Å². The van der Waals surface area contributed by atoms with Crippen molar-refractivity contribution in [2.45, 2.75) is 37.8 Å². The Morgan fingerprint density at radius 1 is 1.21 bits per heavy atom. The number of rotatable bonds is 4. The molecular formula is C17H23ClN4O2. The Bertz CT molecular complexity index is 616. The summed E-state index contributed by atoms with van der Waals surface area (Å²) in [6, 6.07) is 7.45. The molecule has 6 nitrogen and oxygen atoms in total. The van der Waals surface area contributed by atoms with Crippen molar-refractivity contribution in [3.05, 3.63) is 34.9 Å². The first-order valence-electron chi connectivity index (χ1n) is 8.37. The van der Waals surface area contributed by atoms with Gasteiger partial charge in [0.1, 0.15) is 6.04 Å². The standard InChI is InChI=1S/C17H23ClN4O2/c18-13-4-2-1-3-12(13)14-10-15(21-20-14)17(24)22-7-5-11(6-8-22)9-16(19)23/h1-4,11,14-15,20-21H,5-10H2,(H2,19,23). The summed E-state index contributed by atoms with van der Waals surface area (Å²) < 4.78 is 0. The zero-order chi connectivity index (χ0) is 17.1. The molecule has 7 heteroatoms. The molecule has 1 aromatic carbocycles. The van der Waals surface area contributed by atoms with Gasteiger partial charge in [-0.05, 0) is 36.8 Å². The fourth-order valence-electron chi connectivity index (χ4n) is 3.54. The number of carbonyl (C=O) groups is 2. The van der Waals surface area contributed by atoms with Crippen LogP contribution in [0.4, 0.5) is 0 Å². The summed E-state index contributed by atoms with van der Waals surface area (Å²) in [6.45, 7) is 1.37. The second-order valence-corrected chi connectivity index (χ2v) is 7.00. The van der Waals surface area contributed by atoms with Gasteiger partial charge in [-0.2, -0.15) is 0 Å². The minimum absolute atomic E-state index is 0.0278. The van der Waals surface area contributed by atoms with Crippen LogP contribution in [0.5, 0.6) is 0 Å². The fourth-order valence-corrected chi connectivity index (χ4v) is 3.81. The molecule has 4 N–H and O–H groups in total. The molecule has 2 heterocycles. The molecule has 24 heavy (non-hydrogen) atoms. The SMILES string of the molecule is NC(=O)CC1CCN(C(=O)C2CC(c3ccccc3Cl)NN2)CC1. The quantitative estimate of drug-likeness (QED) is 0.765.